The van der Waals surface area contributed by atoms with E-state index in [-0.39, 0.29) is 17.4 Å². The van der Waals surface area contributed by atoms with E-state index in [0.29, 0.717) is 5.41 Å². The van der Waals surface area contributed by atoms with Crippen molar-refractivity contribution in [2.75, 3.05) is 18.1 Å². The molecule has 92 valence electrons. The van der Waals surface area contributed by atoms with Crippen LogP contribution in [0, 0.1) is 5.41 Å². The van der Waals surface area contributed by atoms with Gasteiger partial charge in [-0.25, -0.2) is 0 Å². The Balaban J connectivity index is 2.08. The van der Waals surface area contributed by atoms with E-state index in [1.165, 1.54) is 19.3 Å². The van der Waals surface area contributed by atoms with Gasteiger partial charge in [0.1, 0.15) is 0 Å². The standard InChI is InChI=1S/C11H19NO3S/c1-2-3-11(4-5-11)8-12-9(13)6-16-7-10(14)15/h2-8H2,1H3,(H,12,13)(H,14,15). The molecule has 0 bridgehead atoms. The molecule has 0 saturated heterocycles. The zero-order valence-electron chi connectivity index (χ0n) is 9.62. The number of hydrogen-bond acceptors (Lipinski definition) is 3. The maximum absolute atomic E-state index is 11.4. The van der Waals surface area contributed by atoms with Crippen LogP contribution in [0.2, 0.25) is 0 Å². The number of nitrogens with one attached hydrogen (secondary N) is 1. The summed E-state index contributed by atoms with van der Waals surface area (Å²) in [5.74, 6) is -0.682. The second kappa shape index (κ2) is 6.13. The largest absolute Gasteiger partial charge is 0.481 e. The van der Waals surface area contributed by atoms with E-state index in [9.17, 15) is 9.59 Å². The first-order chi connectivity index (χ1) is 7.58. The SMILES string of the molecule is CCCC1(CNC(=O)CSCC(=O)O)CC1. The summed E-state index contributed by atoms with van der Waals surface area (Å²) >= 11 is 1.14. The van der Waals surface area contributed by atoms with Crippen LogP contribution in [0.4, 0.5) is 0 Å². The molecule has 1 aliphatic carbocycles. The Morgan fingerprint density at radius 2 is 2.06 bits per heavy atom. The second-order valence-electron chi connectivity index (χ2n) is 4.41. The van der Waals surface area contributed by atoms with Gasteiger partial charge in [0.05, 0.1) is 11.5 Å². The molecule has 1 fully saturated rings. The fraction of sp³-hybridized carbons (Fsp3) is 0.818. The van der Waals surface area contributed by atoms with Crippen LogP contribution in [0.3, 0.4) is 0 Å². The van der Waals surface area contributed by atoms with Crippen molar-refractivity contribution in [3.63, 3.8) is 0 Å². The quantitative estimate of drug-likeness (QED) is 0.680. The third kappa shape index (κ3) is 4.88. The van der Waals surface area contributed by atoms with Gasteiger partial charge < -0.3 is 10.4 Å². The molecule has 0 aromatic carbocycles. The monoisotopic (exact) mass is 245 g/mol. The van der Waals surface area contributed by atoms with E-state index in [0.717, 1.165) is 24.7 Å². The Morgan fingerprint density at radius 1 is 1.38 bits per heavy atom. The number of carboxylic acids is 1. The third-order valence-electron chi connectivity index (χ3n) is 2.86. The first-order valence-corrected chi connectivity index (χ1v) is 6.80. The summed E-state index contributed by atoms with van der Waals surface area (Å²) in [6.45, 7) is 2.91. The lowest BCUT2D eigenvalue weighted by Gasteiger charge is -2.14. The first kappa shape index (κ1) is 13.4. The summed E-state index contributed by atoms with van der Waals surface area (Å²) in [5.41, 5.74) is 0.363. The lowest BCUT2D eigenvalue weighted by molar-refractivity contribution is -0.133. The van der Waals surface area contributed by atoms with Gasteiger partial charge in [0, 0.05) is 6.54 Å². The molecule has 1 amide bonds. The second-order valence-corrected chi connectivity index (χ2v) is 5.40. The Kier molecular flexibility index (Phi) is 5.12. The predicted octanol–water partition coefficient (Wildman–Crippen LogP) is 1.50. The molecule has 1 saturated carbocycles. The summed E-state index contributed by atoms with van der Waals surface area (Å²) in [5, 5.41) is 11.3. The maximum atomic E-state index is 11.4. The number of rotatable bonds is 8. The predicted molar refractivity (Wildman–Crippen MR) is 64.5 cm³/mol. The van der Waals surface area contributed by atoms with Gasteiger partial charge in [-0.3, -0.25) is 9.59 Å². The summed E-state index contributed by atoms with van der Waals surface area (Å²) < 4.78 is 0. The van der Waals surface area contributed by atoms with Gasteiger partial charge in [-0.05, 0) is 24.7 Å². The fourth-order valence-electron chi connectivity index (χ4n) is 1.79. The van der Waals surface area contributed by atoms with Gasteiger partial charge in [-0.15, -0.1) is 11.8 Å². The molecule has 0 spiro atoms. The molecule has 2 N–H and O–H groups in total. The zero-order valence-corrected chi connectivity index (χ0v) is 10.4. The minimum atomic E-state index is -0.873. The Labute approximate surface area is 100 Å². The van der Waals surface area contributed by atoms with E-state index in [1.54, 1.807) is 0 Å². The van der Waals surface area contributed by atoms with E-state index in [1.807, 2.05) is 0 Å². The van der Waals surface area contributed by atoms with E-state index in [2.05, 4.69) is 12.2 Å². The fourth-order valence-corrected chi connectivity index (χ4v) is 2.35. The van der Waals surface area contributed by atoms with Crippen molar-refractivity contribution >= 4 is 23.6 Å². The Bertz CT molecular complexity index is 264. The number of aliphatic carboxylic acids is 1. The van der Waals surface area contributed by atoms with Gasteiger partial charge >= 0.3 is 5.97 Å². The highest BCUT2D eigenvalue weighted by molar-refractivity contribution is 8.00. The van der Waals surface area contributed by atoms with Crippen molar-refractivity contribution in [1.82, 2.24) is 5.32 Å². The highest BCUT2D eigenvalue weighted by atomic mass is 32.2. The van der Waals surface area contributed by atoms with Crippen LogP contribution in [-0.4, -0.2) is 35.0 Å². The first-order valence-electron chi connectivity index (χ1n) is 5.64. The van der Waals surface area contributed by atoms with Gasteiger partial charge in [0.25, 0.3) is 0 Å². The minimum Gasteiger partial charge on any atom is -0.481 e. The smallest absolute Gasteiger partial charge is 0.313 e. The van der Waals surface area contributed by atoms with Crippen LogP contribution < -0.4 is 5.32 Å². The highest BCUT2D eigenvalue weighted by Crippen LogP contribution is 2.48. The number of carbonyl (C=O) groups excluding carboxylic acids is 1. The van der Waals surface area contributed by atoms with Crippen LogP contribution in [0.1, 0.15) is 32.6 Å². The van der Waals surface area contributed by atoms with Crippen molar-refractivity contribution in [2.24, 2.45) is 5.41 Å². The number of carbonyl (C=O) groups is 2. The third-order valence-corrected chi connectivity index (χ3v) is 3.77. The lowest BCUT2D eigenvalue weighted by atomic mass is 10.0. The van der Waals surface area contributed by atoms with E-state index in [4.69, 9.17) is 5.11 Å². The number of carboxylic acid groups (broad SMARTS) is 1. The lowest BCUT2D eigenvalue weighted by Crippen LogP contribution is -2.31. The van der Waals surface area contributed by atoms with Crippen LogP contribution >= 0.6 is 11.8 Å². The van der Waals surface area contributed by atoms with Gasteiger partial charge in [-0.2, -0.15) is 0 Å². The maximum Gasteiger partial charge on any atom is 0.313 e. The summed E-state index contributed by atoms with van der Waals surface area (Å²) in [6.07, 6.45) is 4.76. The molecule has 0 aromatic rings. The Hall–Kier alpha value is -0.710. The highest BCUT2D eigenvalue weighted by Gasteiger charge is 2.41. The van der Waals surface area contributed by atoms with Crippen LogP contribution in [0.25, 0.3) is 0 Å². The molecule has 0 radical (unpaired) electrons. The van der Waals surface area contributed by atoms with Crippen molar-refractivity contribution in [1.29, 1.82) is 0 Å². The zero-order chi connectivity index (χ0) is 12.0. The summed E-state index contributed by atoms with van der Waals surface area (Å²) in [6, 6.07) is 0. The molecule has 0 aliphatic heterocycles. The average Bonchev–Trinajstić information content (AvgIpc) is 2.96. The molecule has 1 rings (SSSR count). The van der Waals surface area contributed by atoms with Crippen LogP contribution in [-0.2, 0) is 9.59 Å². The summed E-state index contributed by atoms with van der Waals surface area (Å²) in [4.78, 5) is 21.6. The molecule has 4 nitrogen and oxygen atoms in total. The van der Waals surface area contributed by atoms with E-state index >= 15 is 0 Å². The number of hydrogen-bond donors (Lipinski definition) is 2. The normalized spacial score (nSPS) is 16.8. The van der Waals surface area contributed by atoms with Crippen molar-refractivity contribution in [2.45, 2.75) is 32.6 Å². The molecule has 1 aliphatic rings. The van der Waals surface area contributed by atoms with Gasteiger partial charge in [0.2, 0.25) is 5.91 Å². The van der Waals surface area contributed by atoms with Crippen LogP contribution in [0.15, 0.2) is 0 Å². The summed E-state index contributed by atoms with van der Waals surface area (Å²) in [7, 11) is 0. The molecule has 0 aromatic heterocycles. The topological polar surface area (TPSA) is 66.4 Å². The Morgan fingerprint density at radius 3 is 2.56 bits per heavy atom. The van der Waals surface area contributed by atoms with Gasteiger partial charge in [-0.1, -0.05) is 13.3 Å². The molecular formula is C11H19NO3S. The number of thioether (sulfide) groups is 1. The minimum absolute atomic E-state index is 0.00643. The van der Waals surface area contributed by atoms with E-state index < -0.39 is 5.97 Å². The van der Waals surface area contributed by atoms with Gasteiger partial charge in [0.15, 0.2) is 0 Å². The average molecular weight is 245 g/mol. The molecular weight excluding hydrogens is 226 g/mol. The molecule has 0 unspecified atom stereocenters. The molecule has 0 atom stereocenters. The molecule has 16 heavy (non-hydrogen) atoms. The van der Waals surface area contributed by atoms with Crippen molar-refractivity contribution in [3.8, 4) is 0 Å². The number of amides is 1. The molecule has 0 heterocycles. The van der Waals surface area contributed by atoms with Crippen LogP contribution in [0.5, 0.6) is 0 Å². The van der Waals surface area contributed by atoms with Crippen molar-refractivity contribution in [3.05, 3.63) is 0 Å². The molecule has 5 heteroatoms. The van der Waals surface area contributed by atoms with Crippen molar-refractivity contribution < 1.29 is 14.7 Å².